The van der Waals surface area contributed by atoms with Gasteiger partial charge in [-0.05, 0) is 86.6 Å². The monoisotopic (exact) mass is 571 g/mol. The molecule has 0 radical (unpaired) electrons. The number of hydrogen-bond donors (Lipinski definition) is 2. The Labute approximate surface area is 237 Å². The summed E-state index contributed by atoms with van der Waals surface area (Å²) in [5.41, 5.74) is -0.0620. The Morgan fingerprint density at radius 1 is 1.07 bits per heavy atom. The molecular weight excluding hydrogens is 535 g/mol. The van der Waals surface area contributed by atoms with Crippen LogP contribution in [-0.2, 0) is 29.5 Å². The first-order chi connectivity index (χ1) is 19.6. The van der Waals surface area contributed by atoms with Crippen LogP contribution in [0.4, 0.5) is 13.2 Å². The van der Waals surface area contributed by atoms with E-state index in [0.717, 1.165) is 56.7 Å². The van der Waals surface area contributed by atoms with Crippen LogP contribution in [0.1, 0.15) is 80.2 Å². The van der Waals surface area contributed by atoms with Crippen LogP contribution < -0.4 is 14.8 Å². The predicted octanol–water partition coefficient (Wildman–Crippen LogP) is 5.08. The summed E-state index contributed by atoms with van der Waals surface area (Å²) in [7, 11) is 0. The minimum absolute atomic E-state index is 0.105. The maximum Gasteiger partial charge on any atom is 0.417 e. The van der Waals surface area contributed by atoms with E-state index in [1.165, 1.54) is 6.07 Å². The molecule has 3 aliphatic carbocycles. The smallest absolute Gasteiger partial charge is 0.417 e. The summed E-state index contributed by atoms with van der Waals surface area (Å²) in [6, 6.07) is 7.34. The van der Waals surface area contributed by atoms with E-state index in [0.29, 0.717) is 54.5 Å². The molecule has 3 heterocycles. The molecule has 41 heavy (non-hydrogen) atoms. The second-order valence-corrected chi connectivity index (χ2v) is 12.7. The molecule has 1 aromatic carbocycles. The highest BCUT2D eigenvalue weighted by Gasteiger charge is 2.56. The van der Waals surface area contributed by atoms with Crippen molar-refractivity contribution >= 4 is 5.91 Å². The highest BCUT2D eigenvalue weighted by Crippen LogP contribution is 2.56. The molecular formula is C31H36F3N3O4. The molecule has 3 atom stereocenters. The van der Waals surface area contributed by atoms with Gasteiger partial charge < -0.3 is 24.8 Å². The lowest BCUT2D eigenvalue weighted by Gasteiger charge is -2.39. The normalized spacial score (nSPS) is 32.6. The molecule has 1 aromatic heterocycles. The molecule has 220 valence electrons. The van der Waals surface area contributed by atoms with E-state index < -0.39 is 22.8 Å². The number of nitrogens with zero attached hydrogens (tertiary/aromatic N) is 2. The molecule has 10 heteroatoms. The second-order valence-electron chi connectivity index (χ2n) is 12.7. The molecule has 2 aromatic rings. The number of carbonyl (C=O) groups excluding carboxylic acids is 1. The third kappa shape index (κ3) is 4.76. The topological polar surface area (TPSA) is 83.9 Å². The summed E-state index contributed by atoms with van der Waals surface area (Å²) in [4.78, 5) is 19.9. The molecule has 1 amide bonds. The highest BCUT2D eigenvalue weighted by atomic mass is 19.4. The fraction of sp³-hybridized carbons (Fsp3) is 0.613. The summed E-state index contributed by atoms with van der Waals surface area (Å²) < 4.78 is 50.8. The number of aliphatic hydroxyl groups is 1. The lowest BCUT2D eigenvalue weighted by molar-refractivity contribution is -0.144. The van der Waals surface area contributed by atoms with Crippen molar-refractivity contribution in [2.75, 3.05) is 13.3 Å². The fourth-order valence-corrected chi connectivity index (χ4v) is 8.26. The van der Waals surface area contributed by atoms with Gasteiger partial charge in [-0.25, -0.2) is 0 Å². The largest absolute Gasteiger partial charge is 0.454 e. The van der Waals surface area contributed by atoms with E-state index in [9.17, 15) is 23.1 Å². The third-order valence-corrected chi connectivity index (χ3v) is 10.4. The van der Waals surface area contributed by atoms with E-state index in [2.05, 4.69) is 10.3 Å². The summed E-state index contributed by atoms with van der Waals surface area (Å²) >= 11 is 0. The first-order valence-electron chi connectivity index (χ1n) is 14.9. The van der Waals surface area contributed by atoms with Crippen LogP contribution in [0, 0.1) is 11.3 Å². The molecule has 0 bridgehead atoms. The van der Waals surface area contributed by atoms with Gasteiger partial charge in [0.2, 0.25) is 12.7 Å². The molecule has 7 rings (SSSR count). The second kappa shape index (κ2) is 9.87. The van der Waals surface area contributed by atoms with Crippen LogP contribution in [0.2, 0.25) is 0 Å². The van der Waals surface area contributed by atoms with Gasteiger partial charge in [-0.15, -0.1) is 0 Å². The third-order valence-electron chi connectivity index (χ3n) is 10.4. The fourth-order valence-electron chi connectivity index (χ4n) is 8.26. The standard InChI is InChI=1S/C31H36F3N3O4/c32-31(33,34)22-12-19-17-37(11-7-25(19)35-16-22)28(38)29-8-1-2-20(29)13-24(15-29)36-23-5-9-30(39,10-6-23)21-3-4-26-27(14-21)41-18-40-26/h3-4,12,14,16,20,23-24,36,39H,1-2,5-11,13,15,17-18H2/t20-,23-,24-,29-,30-/m1/s1. The Hall–Kier alpha value is -2.85. The van der Waals surface area contributed by atoms with Crippen molar-refractivity contribution in [3.05, 3.63) is 52.8 Å². The average Bonchev–Trinajstić information content (AvgIpc) is 3.67. The Bertz CT molecular complexity index is 1340. The molecule has 3 fully saturated rings. The number of alkyl halides is 3. The number of carbonyl (C=O) groups is 1. The predicted molar refractivity (Wildman–Crippen MR) is 143 cm³/mol. The van der Waals surface area contributed by atoms with Crippen molar-refractivity contribution in [3.63, 3.8) is 0 Å². The molecule has 2 N–H and O–H groups in total. The van der Waals surface area contributed by atoms with Gasteiger partial charge in [0.15, 0.2) is 11.5 Å². The lowest BCUT2D eigenvalue weighted by Crippen LogP contribution is -2.47. The van der Waals surface area contributed by atoms with E-state index in [-0.39, 0.29) is 31.3 Å². The number of amides is 1. The Balaban J connectivity index is 0.995. The number of hydrogen-bond acceptors (Lipinski definition) is 6. The lowest BCUT2D eigenvalue weighted by atomic mass is 9.77. The van der Waals surface area contributed by atoms with Gasteiger partial charge in [0.25, 0.3) is 0 Å². The Kier molecular flexibility index (Phi) is 6.50. The number of aromatic nitrogens is 1. The Morgan fingerprint density at radius 2 is 1.88 bits per heavy atom. The van der Waals surface area contributed by atoms with E-state index in [1.807, 2.05) is 18.2 Å². The molecule has 2 aliphatic heterocycles. The van der Waals surface area contributed by atoms with Crippen LogP contribution in [0.5, 0.6) is 11.5 Å². The first-order valence-corrected chi connectivity index (χ1v) is 14.9. The molecule has 3 saturated carbocycles. The number of fused-ring (bicyclic) bond motifs is 3. The van der Waals surface area contributed by atoms with Crippen molar-refractivity contribution in [3.8, 4) is 11.5 Å². The van der Waals surface area contributed by atoms with Gasteiger partial charge in [-0.3, -0.25) is 9.78 Å². The first kappa shape index (κ1) is 27.0. The van der Waals surface area contributed by atoms with Crippen molar-refractivity contribution < 1.29 is 32.5 Å². The molecule has 7 nitrogen and oxygen atoms in total. The van der Waals surface area contributed by atoms with Gasteiger partial charge in [-0.2, -0.15) is 13.2 Å². The summed E-state index contributed by atoms with van der Waals surface area (Å²) in [5.74, 6) is 1.79. The van der Waals surface area contributed by atoms with Gasteiger partial charge in [0.05, 0.1) is 16.6 Å². The number of benzene rings is 1. The van der Waals surface area contributed by atoms with Crippen molar-refractivity contribution in [1.82, 2.24) is 15.2 Å². The average molecular weight is 572 g/mol. The molecule has 5 aliphatic rings. The minimum atomic E-state index is -4.45. The number of ether oxygens (including phenoxy) is 2. The summed E-state index contributed by atoms with van der Waals surface area (Å²) in [6.07, 6.45) is 4.48. The van der Waals surface area contributed by atoms with Crippen molar-refractivity contribution in [2.24, 2.45) is 11.3 Å². The number of pyridine rings is 1. The van der Waals surface area contributed by atoms with Crippen LogP contribution >= 0.6 is 0 Å². The van der Waals surface area contributed by atoms with Gasteiger partial charge >= 0.3 is 6.18 Å². The van der Waals surface area contributed by atoms with E-state index in [1.54, 1.807) is 4.90 Å². The van der Waals surface area contributed by atoms with Crippen LogP contribution in [0.25, 0.3) is 0 Å². The number of rotatable bonds is 4. The highest BCUT2D eigenvalue weighted by molar-refractivity contribution is 5.84. The van der Waals surface area contributed by atoms with Crippen molar-refractivity contribution in [1.29, 1.82) is 0 Å². The Morgan fingerprint density at radius 3 is 2.68 bits per heavy atom. The zero-order valence-corrected chi connectivity index (χ0v) is 23.0. The summed E-state index contributed by atoms with van der Waals surface area (Å²) in [5, 5.41) is 15.3. The SMILES string of the molecule is O=C(N1CCc2ncc(C(F)(F)F)cc2C1)[C@@]12CCC[C@@H]1C[C@@H](N[C@H]1CC[C@@](O)(c3ccc4c(c3)OCO4)CC1)C2. The van der Waals surface area contributed by atoms with Gasteiger partial charge in [0, 0.05) is 43.5 Å². The number of nitrogens with one attached hydrogen (secondary N) is 1. The maximum absolute atomic E-state index is 14.1. The molecule has 0 saturated heterocycles. The maximum atomic E-state index is 14.1. The van der Waals surface area contributed by atoms with E-state index >= 15 is 0 Å². The zero-order valence-electron chi connectivity index (χ0n) is 23.0. The molecule has 0 unspecified atom stereocenters. The quantitative estimate of drug-likeness (QED) is 0.533. The van der Waals surface area contributed by atoms with Crippen LogP contribution in [0.15, 0.2) is 30.5 Å². The molecule has 0 spiro atoms. The number of halogens is 3. The van der Waals surface area contributed by atoms with E-state index in [4.69, 9.17) is 9.47 Å². The summed E-state index contributed by atoms with van der Waals surface area (Å²) in [6.45, 7) is 0.896. The zero-order chi connectivity index (χ0) is 28.4. The van der Waals surface area contributed by atoms with Gasteiger partial charge in [-0.1, -0.05) is 12.5 Å². The minimum Gasteiger partial charge on any atom is -0.454 e. The van der Waals surface area contributed by atoms with Crippen LogP contribution in [0.3, 0.4) is 0 Å². The van der Waals surface area contributed by atoms with Crippen molar-refractivity contribution in [2.45, 2.75) is 94.6 Å². The van der Waals surface area contributed by atoms with Crippen LogP contribution in [-0.4, -0.2) is 46.3 Å². The van der Waals surface area contributed by atoms with Gasteiger partial charge in [0.1, 0.15) is 0 Å².